The van der Waals surface area contributed by atoms with E-state index in [1.165, 1.54) is 105 Å². The van der Waals surface area contributed by atoms with E-state index in [1.807, 2.05) is 0 Å². The van der Waals surface area contributed by atoms with Gasteiger partial charge in [-0.15, -0.1) is 0 Å². The molecule has 2 heteroatoms. The Morgan fingerprint density at radius 1 is 0.286 bits per heavy atom. The highest BCUT2D eigenvalue weighted by molar-refractivity contribution is 6.13. The molecule has 70 heavy (non-hydrogen) atoms. The van der Waals surface area contributed by atoms with E-state index in [1.54, 1.807) is 0 Å². The number of hydrogen-bond donors (Lipinski definition) is 0. The lowest BCUT2D eigenvalue weighted by Gasteiger charge is -2.40. The van der Waals surface area contributed by atoms with E-state index in [4.69, 9.17) is 0 Å². The molecule has 2 nitrogen and oxygen atoms in total. The Morgan fingerprint density at radius 3 is 1.51 bits per heavy atom. The smallest absolute Gasteiger partial charge is 0.0755 e. The van der Waals surface area contributed by atoms with E-state index < -0.39 is 10.8 Å². The van der Waals surface area contributed by atoms with Crippen LogP contribution in [0.5, 0.6) is 0 Å². The van der Waals surface area contributed by atoms with Crippen LogP contribution < -0.4 is 4.90 Å². The Kier molecular flexibility index (Phi) is 8.24. The predicted molar refractivity (Wildman–Crippen MR) is 289 cm³/mol. The topological polar surface area (TPSA) is 8.17 Å². The Morgan fingerprint density at radius 2 is 0.786 bits per heavy atom. The standard InChI is InChI=1S/C68H44N2/c1-3-19-45(20-4-1)46-21-17-24-50(43-46)69(49-39-37-48(38-40-49)67(47-22-5-2-6-23-47)58-30-11-7-25-52(58)53-26-8-12-31-59(53)67)51-41-42-55-54-27-9-13-32-60(54)68(63(55)44-51)61-33-14-16-36-65(61)70-64-35-15-10-28-56(64)57-29-18-34-62(68)66(57)70/h1-44H. The third-order valence-electron chi connectivity index (χ3n) is 15.9. The highest BCUT2D eigenvalue weighted by Crippen LogP contribution is 2.62. The molecule has 0 fully saturated rings. The number of fused-ring (bicyclic) bond motifs is 15. The number of anilines is 3. The van der Waals surface area contributed by atoms with Gasteiger partial charge in [0.15, 0.2) is 0 Å². The second-order valence-electron chi connectivity index (χ2n) is 19.1. The van der Waals surface area contributed by atoms with Crippen molar-refractivity contribution in [3.05, 3.63) is 311 Å². The molecule has 15 rings (SSSR count). The van der Waals surface area contributed by atoms with Crippen LogP contribution in [-0.2, 0) is 10.8 Å². The molecule has 1 atom stereocenters. The van der Waals surface area contributed by atoms with Crippen molar-refractivity contribution in [3.63, 3.8) is 0 Å². The lowest BCUT2D eigenvalue weighted by Crippen LogP contribution is -2.33. The normalized spacial score (nSPS) is 15.3. The number of hydrogen-bond acceptors (Lipinski definition) is 1. The van der Waals surface area contributed by atoms with Crippen molar-refractivity contribution in [2.24, 2.45) is 0 Å². The lowest BCUT2D eigenvalue weighted by atomic mass is 9.65. The molecular weight excluding hydrogens is 845 g/mol. The Balaban J connectivity index is 0.982. The van der Waals surface area contributed by atoms with E-state index in [-0.39, 0.29) is 0 Å². The zero-order valence-corrected chi connectivity index (χ0v) is 38.3. The quantitative estimate of drug-likeness (QED) is 0.161. The van der Waals surface area contributed by atoms with Crippen LogP contribution in [0.15, 0.2) is 267 Å². The summed E-state index contributed by atoms with van der Waals surface area (Å²) in [6, 6.07) is 99.8. The summed E-state index contributed by atoms with van der Waals surface area (Å²) in [5.74, 6) is 0. The van der Waals surface area contributed by atoms with Gasteiger partial charge in [-0.3, -0.25) is 0 Å². The average molecular weight is 889 g/mol. The molecule has 12 aromatic rings. The Bertz CT molecular complexity index is 4020. The molecule has 2 aliphatic carbocycles. The van der Waals surface area contributed by atoms with Crippen LogP contribution in [0.1, 0.15) is 44.5 Å². The van der Waals surface area contributed by atoms with E-state index in [0.717, 1.165) is 17.1 Å². The maximum Gasteiger partial charge on any atom is 0.0755 e. The largest absolute Gasteiger partial charge is 0.310 e. The number of benzene rings is 11. The van der Waals surface area contributed by atoms with Gasteiger partial charge in [0.2, 0.25) is 0 Å². The molecular formula is C68H44N2. The highest BCUT2D eigenvalue weighted by Gasteiger charge is 2.51. The monoisotopic (exact) mass is 888 g/mol. The summed E-state index contributed by atoms with van der Waals surface area (Å²) in [6.45, 7) is 0. The van der Waals surface area contributed by atoms with Gasteiger partial charge in [0.25, 0.3) is 0 Å². The second kappa shape index (κ2) is 14.8. The van der Waals surface area contributed by atoms with Gasteiger partial charge in [0, 0.05) is 27.8 Å². The van der Waals surface area contributed by atoms with Crippen LogP contribution in [0.25, 0.3) is 60.9 Å². The zero-order valence-electron chi connectivity index (χ0n) is 38.3. The van der Waals surface area contributed by atoms with E-state index in [2.05, 4.69) is 276 Å². The Labute approximate surface area is 407 Å². The lowest BCUT2D eigenvalue weighted by molar-refractivity contribution is 0.748. The van der Waals surface area contributed by atoms with Gasteiger partial charge in [0.1, 0.15) is 0 Å². The van der Waals surface area contributed by atoms with E-state index in [0.29, 0.717) is 0 Å². The molecule has 326 valence electrons. The van der Waals surface area contributed by atoms with Crippen molar-refractivity contribution in [1.82, 2.24) is 4.57 Å². The molecule has 0 amide bonds. The van der Waals surface area contributed by atoms with Crippen LogP contribution in [-0.4, -0.2) is 4.57 Å². The third kappa shape index (κ3) is 5.12. The van der Waals surface area contributed by atoms with Crippen molar-refractivity contribution in [2.45, 2.75) is 10.8 Å². The summed E-state index contributed by atoms with van der Waals surface area (Å²) in [5.41, 5.74) is 23.8. The fourth-order valence-corrected chi connectivity index (χ4v) is 13.2. The van der Waals surface area contributed by atoms with Gasteiger partial charge in [-0.1, -0.05) is 218 Å². The first-order valence-electron chi connectivity index (χ1n) is 24.4. The van der Waals surface area contributed by atoms with Crippen LogP contribution in [0.4, 0.5) is 17.1 Å². The highest BCUT2D eigenvalue weighted by atomic mass is 15.1. The van der Waals surface area contributed by atoms with Crippen molar-refractivity contribution in [2.75, 3.05) is 4.90 Å². The average Bonchev–Trinajstić information content (AvgIpc) is 4.04. The molecule has 0 radical (unpaired) electrons. The van der Waals surface area contributed by atoms with Gasteiger partial charge in [-0.05, 0) is 126 Å². The maximum atomic E-state index is 2.53. The molecule has 1 unspecified atom stereocenters. The third-order valence-corrected chi connectivity index (χ3v) is 15.9. The van der Waals surface area contributed by atoms with Crippen molar-refractivity contribution >= 4 is 38.9 Å². The number of nitrogens with zero attached hydrogens (tertiary/aromatic N) is 2. The molecule has 0 N–H and O–H groups in total. The minimum absolute atomic E-state index is 0.491. The van der Waals surface area contributed by atoms with Crippen LogP contribution in [0, 0.1) is 0 Å². The van der Waals surface area contributed by atoms with Gasteiger partial charge in [-0.25, -0.2) is 0 Å². The minimum Gasteiger partial charge on any atom is -0.310 e. The second-order valence-corrected chi connectivity index (χ2v) is 19.1. The zero-order chi connectivity index (χ0) is 46.0. The summed E-state index contributed by atoms with van der Waals surface area (Å²) in [5, 5.41) is 2.56. The van der Waals surface area contributed by atoms with Gasteiger partial charge < -0.3 is 9.47 Å². The van der Waals surface area contributed by atoms with E-state index in [9.17, 15) is 0 Å². The molecule has 1 aromatic heterocycles. The van der Waals surface area contributed by atoms with E-state index >= 15 is 0 Å². The molecule has 1 spiro atoms. The summed E-state index contributed by atoms with van der Waals surface area (Å²) in [6.07, 6.45) is 0. The summed E-state index contributed by atoms with van der Waals surface area (Å²) < 4.78 is 2.53. The first-order chi connectivity index (χ1) is 34.7. The molecule has 1 aliphatic heterocycles. The molecule has 11 aromatic carbocycles. The van der Waals surface area contributed by atoms with Crippen molar-refractivity contribution < 1.29 is 0 Å². The Hall–Kier alpha value is -8.98. The molecule has 0 saturated carbocycles. The van der Waals surface area contributed by atoms with Crippen molar-refractivity contribution in [3.8, 4) is 39.1 Å². The molecule has 2 heterocycles. The summed E-state index contributed by atoms with van der Waals surface area (Å²) >= 11 is 0. The fraction of sp³-hybridized carbons (Fsp3) is 0.0294. The molecule has 3 aliphatic rings. The predicted octanol–water partition coefficient (Wildman–Crippen LogP) is 17.0. The van der Waals surface area contributed by atoms with Gasteiger partial charge in [0.05, 0.1) is 27.6 Å². The molecule has 0 bridgehead atoms. The first kappa shape index (κ1) is 39.1. The fourth-order valence-electron chi connectivity index (χ4n) is 13.2. The maximum absolute atomic E-state index is 2.53. The SMILES string of the molecule is c1ccc(-c2cccc(N(c3ccc(C4(c5ccccc5)c5ccccc5-c5ccccc54)cc3)c3ccc4c(c3)C3(c5ccccc5-4)c4ccccc4-n4c5ccccc5c5cccc3c54)c2)cc1. The van der Waals surface area contributed by atoms with Gasteiger partial charge >= 0.3 is 0 Å². The minimum atomic E-state index is -0.574. The number of aromatic nitrogens is 1. The van der Waals surface area contributed by atoms with Crippen LogP contribution in [0.2, 0.25) is 0 Å². The summed E-state index contributed by atoms with van der Waals surface area (Å²) in [4.78, 5) is 2.48. The van der Waals surface area contributed by atoms with Crippen LogP contribution in [0.3, 0.4) is 0 Å². The first-order valence-corrected chi connectivity index (χ1v) is 24.4. The summed E-state index contributed by atoms with van der Waals surface area (Å²) in [7, 11) is 0. The van der Waals surface area contributed by atoms with Gasteiger partial charge in [-0.2, -0.15) is 0 Å². The van der Waals surface area contributed by atoms with Crippen molar-refractivity contribution in [1.29, 1.82) is 0 Å². The molecule has 0 saturated heterocycles. The number of rotatable bonds is 6. The number of para-hydroxylation sites is 3. The van der Waals surface area contributed by atoms with Crippen LogP contribution >= 0.6 is 0 Å².